The summed E-state index contributed by atoms with van der Waals surface area (Å²) in [6.45, 7) is 3.96. The molecule has 17 heavy (non-hydrogen) atoms. The van der Waals surface area contributed by atoms with E-state index in [4.69, 9.17) is 0 Å². The molecule has 0 spiro atoms. The highest BCUT2D eigenvalue weighted by molar-refractivity contribution is 5.42. The van der Waals surface area contributed by atoms with Crippen LogP contribution in [0.3, 0.4) is 0 Å². The lowest BCUT2D eigenvalue weighted by Crippen LogP contribution is -2.19. The third-order valence-corrected chi connectivity index (χ3v) is 3.09. The fourth-order valence-electron chi connectivity index (χ4n) is 2.12. The topological polar surface area (TPSA) is 66.6 Å². The largest absolute Gasteiger partial charge is 0.493 e. The molecule has 1 fully saturated rings. The normalized spacial score (nSPS) is 15.9. The van der Waals surface area contributed by atoms with Gasteiger partial charge in [-0.05, 0) is 19.3 Å². The number of aromatic hydroxyl groups is 1. The van der Waals surface area contributed by atoms with Gasteiger partial charge in [-0.1, -0.05) is 6.92 Å². The molecule has 0 aliphatic carbocycles. The zero-order valence-corrected chi connectivity index (χ0v) is 9.80. The van der Waals surface area contributed by atoms with Crippen molar-refractivity contribution in [2.45, 2.75) is 26.2 Å². The second-order valence-electron chi connectivity index (χ2n) is 4.28. The van der Waals surface area contributed by atoms with Crippen LogP contribution in [0.25, 0.3) is 5.78 Å². The molecule has 1 saturated heterocycles. The van der Waals surface area contributed by atoms with Gasteiger partial charge < -0.3 is 10.0 Å². The van der Waals surface area contributed by atoms with Gasteiger partial charge in [-0.3, -0.25) is 0 Å². The van der Waals surface area contributed by atoms with Crippen LogP contribution in [0.2, 0.25) is 0 Å². The summed E-state index contributed by atoms with van der Waals surface area (Å²) in [4.78, 5) is 10.8. The summed E-state index contributed by atoms with van der Waals surface area (Å²) in [5.41, 5.74) is 0.829. The van der Waals surface area contributed by atoms with Crippen LogP contribution >= 0.6 is 0 Å². The van der Waals surface area contributed by atoms with E-state index in [0.29, 0.717) is 11.7 Å². The molecule has 6 heteroatoms. The predicted octanol–water partition coefficient (Wildman–Crippen LogP) is 0.992. The number of aromatic nitrogens is 4. The first-order valence-electron chi connectivity index (χ1n) is 5.98. The van der Waals surface area contributed by atoms with Crippen molar-refractivity contribution < 1.29 is 5.11 Å². The molecule has 2 aromatic rings. The zero-order valence-electron chi connectivity index (χ0n) is 9.80. The molecule has 0 radical (unpaired) electrons. The Morgan fingerprint density at radius 1 is 1.29 bits per heavy atom. The molecule has 1 N–H and O–H groups in total. The van der Waals surface area contributed by atoms with E-state index in [-0.39, 0.29) is 5.88 Å². The molecule has 3 rings (SSSR count). The average molecular weight is 233 g/mol. The monoisotopic (exact) mass is 233 g/mol. The van der Waals surface area contributed by atoms with Crippen molar-refractivity contribution in [2.75, 3.05) is 18.0 Å². The molecule has 2 aromatic heterocycles. The van der Waals surface area contributed by atoms with Gasteiger partial charge >= 0.3 is 0 Å². The summed E-state index contributed by atoms with van der Waals surface area (Å²) < 4.78 is 1.40. The lowest BCUT2D eigenvalue weighted by atomic mass is 10.3. The summed E-state index contributed by atoms with van der Waals surface area (Å²) in [6.07, 6.45) is 3.13. The Hall–Kier alpha value is -1.85. The number of anilines is 1. The van der Waals surface area contributed by atoms with Crippen LogP contribution in [0.1, 0.15) is 25.5 Å². The number of hydrogen-bond donors (Lipinski definition) is 1. The minimum atomic E-state index is 0.102. The Kier molecular flexibility index (Phi) is 2.35. The predicted molar refractivity (Wildman–Crippen MR) is 63.3 cm³/mol. The van der Waals surface area contributed by atoms with Gasteiger partial charge in [0.1, 0.15) is 0 Å². The molecule has 1 aliphatic heterocycles. The number of fused-ring (bicyclic) bond motifs is 1. The average Bonchev–Trinajstić information content (AvgIpc) is 2.96. The van der Waals surface area contributed by atoms with E-state index in [9.17, 15) is 5.11 Å². The van der Waals surface area contributed by atoms with Crippen LogP contribution in [-0.4, -0.2) is 37.8 Å². The van der Waals surface area contributed by atoms with E-state index in [1.807, 2.05) is 6.92 Å². The summed E-state index contributed by atoms with van der Waals surface area (Å²) >= 11 is 0. The van der Waals surface area contributed by atoms with Gasteiger partial charge in [0.15, 0.2) is 0 Å². The van der Waals surface area contributed by atoms with Crippen molar-refractivity contribution in [3.05, 3.63) is 11.8 Å². The van der Waals surface area contributed by atoms with E-state index >= 15 is 0 Å². The maximum atomic E-state index is 9.84. The lowest BCUT2D eigenvalue weighted by Gasteiger charge is -2.10. The van der Waals surface area contributed by atoms with E-state index < -0.39 is 0 Å². The molecule has 0 atom stereocenters. The minimum Gasteiger partial charge on any atom is -0.493 e. The molecule has 0 bridgehead atoms. The van der Waals surface area contributed by atoms with Crippen molar-refractivity contribution in [1.29, 1.82) is 0 Å². The van der Waals surface area contributed by atoms with E-state index in [0.717, 1.165) is 25.2 Å². The molecule has 6 nitrogen and oxygen atoms in total. The van der Waals surface area contributed by atoms with Crippen molar-refractivity contribution in [2.24, 2.45) is 0 Å². The Morgan fingerprint density at radius 3 is 2.76 bits per heavy atom. The van der Waals surface area contributed by atoms with Crippen LogP contribution in [0.5, 0.6) is 5.88 Å². The quantitative estimate of drug-likeness (QED) is 0.838. The van der Waals surface area contributed by atoms with E-state index in [1.54, 1.807) is 6.07 Å². The van der Waals surface area contributed by atoms with Crippen LogP contribution in [0.4, 0.5) is 5.95 Å². The van der Waals surface area contributed by atoms with Crippen LogP contribution in [0.15, 0.2) is 6.07 Å². The number of hydrogen-bond acceptors (Lipinski definition) is 5. The highest BCUT2D eigenvalue weighted by atomic mass is 16.3. The third kappa shape index (κ3) is 1.69. The van der Waals surface area contributed by atoms with Gasteiger partial charge in [-0.2, -0.15) is 9.50 Å². The maximum Gasteiger partial charge on any atom is 0.257 e. The van der Waals surface area contributed by atoms with E-state index in [2.05, 4.69) is 20.0 Å². The molecule has 0 aromatic carbocycles. The molecular weight excluding hydrogens is 218 g/mol. The zero-order chi connectivity index (χ0) is 11.8. The van der Waals surface area contributed by atoms with Crippen molar-refractivity contribution in [3.63, 3.8) is 0 Å². The van der Waals surface area contributed by atoms with Gasteiger partial charge in [0.2, 0.25) is 11.8 Å². The van der Waals surface area contributed by atoms with Gasteiger partial charge in [0.05, 0.1) is 0 Å². The van der Waals surface area contributed by atoms with Gasteiger partial charge in [-0.15, -0.1) is 5.10 Å². The van der Waals surface area contributed by atoms with Crippen molar-refractivity contribution in [1.82, 2.24) is 19.6 Å². The number of nitrogens with zero attached hydrogens (tertiary/aromatic N) is 5. The Balaban J connectivity index is 2.08. The summed E-state index contributed by atoms with van der Waals surface area (Å²) in [7, 11) is 0. The molecule has 1 aliphatic rings. The first-order chi connectivity index (χ1) is 8.28. The molecule has 0 amide bonds. The second-order valence-corrected chi connectivity index (χ2v) is 4.28. The smallest absolute Gasteiger partial charge is 0.257 e. The lowest BCUT2D eigenvalue weighted by molar-refractivity contribution is 0.434. The molecule has 90 valence electrons. The third-order valence-electron chi connectivity index (χ3n) is 3.09. The Labute approximate surface area is 98.9 Å². The molecule has 0 unspecified atom stereocenters. The highest BCUT2D eigenvalue weighted by Crippen LogP contribution is 2.19. The number of aryl methyl sites for hydroxylation is 1. The SMILES string of the molecule is CCc1cc(O)n2nc(N3CCCC3)nc2n1. The van der Waals surface area contributed by atoms with Crippen LogP contribution in [-0.2, 0) is 6.42 Å². The molecule has 3 heterocycles. The minimum absolute atomic E-state index is 0.102. The molecular formula is C11H15N5O. The second kappa shape index (κ2) is 3.87. The first kappa shape index (κ1) is 10.3. The molecule has 0 saturated carbocycles. The summed E-state index contributed by atoms with van der Waals surface area (Å²) in [6, 6.07) is 1.63. The van der Waals surface area contributed by atoms with Crippen molar-refractivity contribution in [3.8, 4) is 5.88 Å². The number of rotatable bonds is 2. The van der Waals surface area contributed by atoms with Crippen LogP contribution in [0, 0.1) is 0 Å². The van der Waals surface area contributed by atoms with Crippen LogP contribution < -0.4 is 4.90 Å². The maximum absolute atomic E-state index is 9.84. The fourth-order valence-corrected chi connectivity index (χ4v) is 2.12. The van der Waals surface area contributed by atoms with E-state index in [1.165, 1.54) is 17.4 Å². The Bertz CT molecular complexity index is 544. The first-order valence-corrected chi connectivity index (χ1v) is 5.98. The van der Waals surface area contributed by atoms with Gasteiger partial charge in [0.25, 0.3) is 5.78 Å². The summed E-state index contributed by atoms with van der Waals surface area (Å²) in [5.74, 6) is 1.24. The Morgan fingerprint density at radius 2 is 2.06 bits per heavy atom. The standard InChI is InChI=1S/C11H15N5O/c1-2-8-7-9(17)16-10(12-8)13-11(14-16)15-5-3-4-6-15/h7,17H,2-6H2,1H3. The van der Waals surface area contributed by atoms with Gasteiger partial charge in [-0.25, -0.2) is 4.98 Å². The summed E-state index contributed by atoms with van der Waals surface area (Å²) in [5, 5.41) is 14.1. The van der Waals surface area contributed by atoms with Gasteiger partial charge in [0, 0.05) is 24.8 Å². The van der Waals surface area contributed by atoms with Crippen molar-refractivity contribution >= 4 is 11.7 Å². The highest BCUT2D eigenvalue weighted by Gasteiger charge is 2.18. The fraction of sp³-hybridized carbons (Fsp3) is 0.545.